The standard InChI is InChI=1S/C32H34N3O12PS2/c1-19-22(28-10-11-29(49-28)50(44,45)35-18-48(42)43)6-9-27(46-14-2-12-33-31(40)20-4-7-23(36)25(38)16-20)30(19)47-15-3-13-34-32(41)21-5-8-24(37)26(39)17-21/h4-11,16-17,35H,2-3,12-15,18H2,1H3,(H6-,33,34,36,37,38,39,40,41,42,43)/p+1. The molecule has 1 aromatic heterocycles. The first-order valence-corrected chi connectivity index (χ1v) is 18.7. The molecule has 0 spiro atoms. The van der Waals surface area contributed by atoms with Crippen LogP contribution in [0.15, 0.2) is 64.9 Å². The van der Waals surface area contributed by atoms with Crippen molar-refractivity contribution in [2.75, 3.05) is 32.6 Å². The van der Waals surface area contributed by atoms with Crippen LogP contribution in [0.25, 0.3) is 10.4 Å². The van der Waals surface area contributed by atoms with Crippen LogP contribution >= 0.6 is 19.4 Å². The van der Waals surface area contributed by atoms with Gasteiger partial charge in [0.2, 0.25) is 6.29 Å². The number of carbonyl (C=O) groups is 2. The van der Waals surface area contributed by atoms with E-state index in [2.05, 4.69) is 15.4 Å². The van der Waals surface area contributed by atoms with Gasteiger partial charge in [-0.3, -0.25) is 9.59 Å². The Morgan fingerprint density at radius 2 is 1.34 bits per heavy atom. The maximum atomic E-state index is 12.6. The zero-order valence-electron chi connectivity index (χ0n) is 26.6. The number of phenols is 4. The molecule has 266 valence electrons. The molecule has 0 fully saturated rings. The lowest BCUT2D eigenvalue weighted by atomic mass is 10.1. The molecule has 0 aliphatic heterocycles. The van der Waals surface area contributed by atoms with Crippen LogP contribution in [0.4, 0.5) is 0 Å². The Bertz CT molecular complexity index is 1980. The van der Waals surface area contributed by atoms with E-state index in [-0.39, 0.29) is 53.1 Å². The molecule has 1 unspecified atom stereocenters. The average Bonchev–Trinajstić information content (AvgIpc) is 3.58. The topological polar surface area (TPSA) is 241 Å². The van der Waals surface area contributed by atoms with E-state index in [4.69, 9.17) is 14.4 Å². The lowest BCUT2D eigenvalue weighted by Gasteiger charge is -2.18. The molecule has 0 saturated carbocycles. The summed E-state index contributed by atoms with van der Waals surface area (Å²) in [4.78, 5) is 34.4. The van der Waals surface area contributed by atoms with Crippen molar-refractivity contribution in [2.24, 2.45) is 0 Å². The summed E-state index contributed by atoms with van der Waals surface area (Å²) in [5.41, 5.74) is 1.61. The number of hydrogen-bond donors (Lipinski definition) is 8. The summed E-state index contributed by atoms with van der Waals surface area (Å²) in [5, 5.41) is 43.6. The maximum absolute atomic E-state index is 12.6. The molecule has 0 aliphatic carbocycles. The minimum atomic E-state index is -4.02. The first-order chi connectivity index (χ1) is 23.8. The minimum Gasteiger partial charge on any atom is -0.504 e. The van der Waals surface area contributed by atoms with Crippen LogP contribution in [0.5, 0.6) is 34.5 Å². The number of hydrogen-bond acceptors (Lipinski definition) is 12. The molecule has 1 heterocycles. The Morgan fingerprint density at radius 3 is 1.88 bits per heavy atom. The fourth-order valence-corrected chi connectivity index (χ4v) is 7.70. The summed E-state index contributed by atoms with van der Waals surface area (Å²) >= 11 is 0.961. The molecular weight excluding hydrogens is 713 g/mol. The molecule has 4 rings (SSSR count). The largest absolute Gasteiger partial charge is 0.522 e. The second-order valence-corrected chi connectivity index (χ2v) is 14.8. The lowest BCUT2D eigenvalue weighted by Crippen LogP contribution is -2.25. The van der Waals surface area contributed by atoms with Crippen molar-refractivity contribution in [1.82, 2.24) is 15.4 Å². The summed E-state index contributed by atoms with van der Waals surface area (Å²) in [5.74, 6) is -1.68. The van der Waals surface area contributed by atoms with Crippen LogP contribution in [0.2, 0.25) is 0 Å². The molecule has 0 radical (unpaired) electrons. The van der Waals surface area contributed by atoms with Gasteiger partial charge in [0.25, 0.3) is 21.8 Å². The van der Waals surface area contributed by atoms with Gasteiger partial charge in [0, 0.05) is 34.7 Å². The van der Waals surface area contributed by atoms with Crippen LogP contribution < -0.4 is 24.8 Å². The van der Waals surface area contributed by atoms with E-state index < -0.39 is 47.7 Å². The predicted molar refractivity (Wildman–Crippen MR) is 184 cm³/mol. The third kappa shape index (κ3) is 10.1. The fourth-order valence-electron chi connectivity index (χ4n) is 4.49. The van der Waals surface area contributed by atoms with Crippen molar-refractivity contribution in [3.8, 4) is 44.9 Å². The van der Waals surface area contributed by atoms with E-state index in [0.29, 0.717) is 40.3 Å². The number of sulfonamides is 1. The number of rotatable bonds is 17. The van der Waals surface area contributed by atoms with Gasteiger partial charge in [0.05, 0.1) is 13.2 Å². The van der Waals surface area contributed by atoms with E-state index in [1.807, 2.05) is 0 Å². The summed E-state index contributed by atoms with van der Waals surface area (Å²) in [6.45, 7) is 2.53. The number of aromatic hydroxyl groups is 4. The summed E-state index contributed by atoms with van der Waals surface area (Å²) in [6, 6.07) is 13.9. The van der Waals surface area contributed by atoms with Gasteiger partial charge in [0.15, 0.2) is 34.5 Å². The second-order valence-electron chi connectivity index (χ2n) is 10.7. The van der Waals surface area contributed by atoms with E-state index in [9.17, 15) is 43.0 Å². The molecule has 0 saturated heterocycles. The number of nitrogens with one attached hydrogen (secondary N) is 3. The highest BCUT2D eigenvalue weighted by Gasteiger charge is 2.23. The molecule has 8 N–H and O–H groups in total. The van der Waals surface area contributed by atoms with Crippen LogP contribution in [-0.2, 0) is 14.6 Å². The Labute approximate surface area is 292 Å². The molecule has 18 heteroatoms. The summed E-state index contributed by atoms with van der Waals surface area (Å²) < 4.78 is 50.4. The third-order valence-electron chi connectivity index (χ3n) is 7.06. The van der Waals surface area contributed by atoms with Crippen molar-refractivity contribution in [3.05, 3.63) is 77.4 Å². The highest BCUT2D eigenvalue weighted by Crippen LogP contribution is 2.41. The Balaban J connectivity index is 1.43. The monoisotopic (exact) mass is 748 g/mol. The molecule has 2 amide bonds. The fraction of sp³-hybridized carbons (Fsp3) is 0.250. The number of thiophene rings is 1. The van der Waals surface area contributed by atoms with Crippen LogP contribution in [0.3, 0.4) is 0 Å². The zero-order chi connectivity index (χ0) is 36.4. The van der Waals surface area contributed by atoms with Crippen LogP contribution in [-0.4, -0.2) is 78.1 Å². The third-order valence-corrected chi connectivity index (χ3v) is 10.7. The summed E-state index contributed by atoms with van der Waals surface area (Å²) in [7, 11) is -6.72. The van der Waals surface area contributed by atoms with Crippen molar-refractivity contribution < 1.29 is 57.4 Å². The molecule has 0 aliphatic rings. The summed E-state index contributed by atoms with van der Waals surface area (Å²) in [6.07, 6.45) is 0.154. The van der Waals surface area contributed by atoms with Gasteiger partial charge in [-0.05, 0) is 90.6 Å². The maximum Gasteiger partial charge on any atom is 0.522 e. The van der Waals surface area contributed by atoms with Crippen LogP contribution in [0, 0.1) is 6.92 Å². The van der Waals surface area contributed by atoms with Gasteiger partial charge < -0.3 is 40.5 Å². The van der Waals surface area contributed by atoms with Crippen molar-refractivity contribution in [2.45, 2.75) is 24.0 Å². The number of phenolic OH excluding ortho intramolecular Hbond substituents is 4. The van der Waals surface area contributed by atoms with E-state index in [1.165, 1.54) is 30.3 Å². The average molecular weight is 749 g/mol. The van der Waals surface area contributed by atoms with Crippen molar-refractivity contribution in [3.63, 3.8) is 0 Å². The predicted octanol–water partition coefficient (Wildman–Crippen LogP) is 3.91. The molecule has 15 nitrogen and oxygen atoms in total. The second kappa shape index (κ2) is 17.1. The van der Waals surface area contributed by atoms with Gasteiger partial charge >= 0.3 is 8.03 Å². The van der Waals surface area contributed by atoms with E-state index >= 15 is 0 Å². The number of ether oxygens (including phenoxy) is 2. The molecule has 50 heavy (non-hydrogen) atoms. The van der Waals surface area contributed by atoms with E-state index in [1.54, 1.807) is 25.1 Å². The van der Waals surface area contributed by atoms with Gasteiger partial charge in [-0.2, -0.15) is 9.62 Å². The molecule has 1 atom stereocenters. The normalized spacial score (nSPS) is 11.5. The van der Waals surface area contributed by atoms with Gasteiger partial charge in [-0.25, -0.2) is 8.42 Å². The highest BCUT2D eigenvalue weighted by atomic mass is 32.2. The minimum absolute atomic E-state index is 0.0474. The van der Waals surface area contributed by atoms with Gasteiger partial charge in [-0.15, -0.1) is 11.3 Å². The van der Waals surface area contributed by atoms with Gasteiger partial charge in [-0.1, -0.05) is 0 Å². The van der Waals surface area contributed by atoms with Crippen molar-refractivity contribution >= 4 is 41.2 Å². The molecule has 0 bridgehead atoms. The smallest absolute Gasteiger partial charge is 0.504 e. The Hall–Kier alpha value is -4.93. The Morgan fingerprint density at radius 1 is 0.780 bits per heavy atom. The van der Waals surface area contributed by atoms with E-state index in [0.717, 1.165) is 23.5 Å². The SMILES string of the molecule is Cc1c(-c2ccc(S(=O)(=O)NC[P+](=O)O)s2)ccc(OCCCNC(=O)c2ccc(O)c(O)c2)c1OCCCNC(=O)c1ccc(O)c(O)c1. The number of benzene rings is 3. The molecule has 4 aromatic rings. The molecule has 3 aromatic carbocycles. The number of amides is 2. The Kier molecular flexibility index (Phi) is 13.0. The quantitative estimate of drug-likeness (QED) is 0.0436. The zero-order valence-corrected chi connectivity index (χ0v) is 29.1. The first kappa shape index (κ1) is 37.9. The van der Waals surface area contributed by atoms with Crippen molar-refractivity contribution in [1.29, 1.82) is 0 Å². The highest BCUT2D eigenvalue weighted by molar-refractivity contribution is 7.91. The molecular formula is C32H35N3O12PS2+. The first-order valence-electron chi connectivity index (χ1n) is 15.0. The van der Waals surface area contributed by atoms with Crippen LogP contribution in [0.1, 0.15) is 39.1 Å². The number of carbonyl (C=O) groups excluding carboxylic acids is 2. The lowest BCUT2D eigenvalue weighted by molar-refractivity contribution is 0.0942. The van der Waals surface area contributed by atoms with Gasteiger partial charge in [0.1, 0.15) is 4.21 Å².